The highest BCUT2D eigenvalue weighted by molar-refractivity contribution is 9.09. The number of carboxylic acids is 1. The summed E-state index contributed by atoms with van der Waals surface area (Å²) in [5.74, 6) is -1.28. The predicted molar refractivity (Wildman–Crippen MR) is 68.1 cm³/mol. The second-order valence-corrected chi connectivity index (χ2v) is 4.38. The van der Waals surface area contributed by atoms with E-state index in [2.05, 4.69) is 21.2 Å². The summed E-state index contributed by atoms with van der Waals surface area (Å²) >= 11 is 3.14. The van der Waals surface area contributed by atoms with Crippen molar-refractivity contribution in [3.63, 3.8) is 0 Å². The van der Waals surface area contributed by atoms with Crippen molar-refractivity contribution in [3.8, 4) is 0 Å². The van der Waals surface area contributed by atoms with Crippen LogP contribution in [0.3, 0.4) is 0 Å². The molecule has 17 heavy (non-hydrogen) atoms. The van der Waals surface area contributed by atoms with Gasteiger partial charge in [0.2, 0.25) is 5.91 Å². The first-order chi connectivity index (χ1) is 8.13. The summed E-state index contributed by atoms with van der Waals surface area (Å²) in [4.78, 5) is 22.4. The number of hydrogen-bond donors (Lipinski definition) is 2. The minimum absolute atomic E-state index is 0.259. The number of nitrogens with one attached hydrogen (secondary N) is 1. The predicted octanol–water partition coefficient (Wildman–Crippen LogP) is 1.58. The van der Waals surface area contributed by atoms with Crippen LogP contribution in [-0.4, -0.2) is 28.4 Å². The summed E-state index contributed by atoms with van der Waals surface area (Å²) in [6.45, 7) is 0. The normalized spacial score (nSPS) is 11.8. The van der Waals surface area contributed by atoms with Crippen molar-refractivity contribution in [1.29, 1.82) is 0 Å². The lowest BCUT2D eigenvalue weighted by molar-refractivity contribution is -0.141. The first kappa shape index (κ1) is 13.7. The molecule has 1 amide bonds. The first-order valence-electron chi connectivity index (χ1n) is 5.25. The van der Waals surface area contributed by atoms with Gasteiger partial charge in [0.15, 0.2) is 0 Å². The number of carbonyl (C=O) groups excluding carboxylic acids is 1. The fourth-order valence-electron chi connectivity index (χ4n) is 1.40. The molecule has 1 aromatic carbocycles. The zero-order chi connectivity index (χ0) is 12.7. The van der Waals surface area contributed by atoms with Crippen molar-refractivity contribution in [2.24, 2.45) is 0 Å². The second kappa shape index (κ2) is 7.06. The van der Waals surface area contributed by atoms with Crippen molar-refractivity contribution in [2.75, 3.05) is 5.33 Å². The van der Waals surface area contributed by atoms with Crippen molar-refractivity contribution in [2.45, 2.75) is 18.9 Å². The number of aliphatic carboxylic acids is 1. The Hall–Kier alpha value is -1.36. The van der Waals surface area contributed by atoms with Crippen molar-refractivity contribution < 1.29 is 14.7 Å². The SMILES string of the molecule is O=C(CCBr)NC(Cc1ccccc1)C(=O)O. The molecular formula is C12H14BrNO3. The van der Waals surface area contributed by atoms with E-state index in [4.69, 9.17) is 5.11 Å². The number of hydrogen-bond acceptors (Lipinski definition) is 2. The molecule has 0 radical (unpaired) electrons. The molecule has 0 aromatic heterocycles. The molecule has 1 aromatic rings. The summed E-state index contributed by atoms with van der Waals surface area (Å²) in [5, 5.41) is 12.0. The van der Waals surface area contributed by atoms with E-state index in [0.29, 0.717) is 11.8 Å². The maximum absolute atomic E-state index is 11.3. The number of halogens is 1. The number of benzene rings is 1. The maximum Gasteiger partial charge on any atom is 0.326 e. The smallest absolute Gasteiger partial charge is 0.326 e. The highest BCUT2D eigenvalue weighted by atomic mass is 79.9. The lowest BCUT2D eigenvalue weighted by atomic mass is 10.1. The maximum atomic E-state index is 11.3. The third-order valence-electron chi connectivity index (χ3n) is 2.24. The van der Waals surface area contributed by atoms with E-state index in [1.54, 1.807) is 0 Å². The van der Waals surface area contributed by atoms with E-state index in [-0.39, 0.29) is 12.3 Å². The van der Waals surface area contributed by atoms with Crippen LogP contribution in [0.15, 0.2) is 30.3 Å². The molecule has 0 fully saturated rings. The van der Waals surface area contributed by atoms with Crippen LogP contribution in [0, 0.1) is 0 Å². The first-order valence-corrected chi connectivity index (χ1v) is 6.37. The van der Waals surface area contributed by atoms with Crippen molar-refractivity contribution in [1.82, 2.24) is 5.32 Å². The molecule has 0 heterocycles. The minimum atomic E-state index is -1.02. The topological polar surface area (TPSA) is 66.4 Å². The number of amides is 1. The Bertz CT molecular complexity index is 381. The Morgan fingerprint density at radius 2 is 1.94 bits per heavy atom. The molecule has 1 unspecified atom stereocenters. The van der Waals surface area contributed by atoms with Gasteiger partial charge in [-0.2, -0.15) is 0 Å². The Balaban J connectivity index is 2.61. The Morgan fingerprint density at radius 3 is 2.47 bits per heavy atom. The molecule has 0 spiro atoms. The van der Waals surface area contributed by atoms with Gasteiger partial charge < -0.3 is 10.4 Å². The molecule has 0 saturated carbocycles. The molecular weight excluding hydrogens is 286 g/mol. The molecule has 0 aliphatic rings. The van der Waals surface area contributed by atoms with Crippen LogP contribution in [0.2, 0.25) is 0 Å². The Labute approximate surface area is 108 Å². The minimum Gasteiger partial charge on any atom is -0.480 e. The van der Waals surface area contributed by atoms with E-state index in [0.717, 1.165) is 5.56 Å². The van der Waals surface area contributed by atoms with Crippen LogP contribution in [0.4, 0.5) is 0 Å². The van der Waals surface area contributed by atoms with Crippen LogP contribution in [0.5, 0.6) is 0 Å². The van der Waals surface area contributed by atoms with E-state index >= 15 is 0 Å². The third kappa shape index (κ3) is 4.99. The quantitative estimate of drug-likeness (QED) is 0.784. The van der Waals surface area contributed by atoms with Crippen LogP contribution < -0.4 is 5.32 Å². The molecule has 0 saturated heterocycles. The highest BCUT2D eigenvalue weighted by Crippen LogP contribution is 2.04. The fraction of sp³-hybridized carbons (Fsp3) is 0.333. The molecule has 1 rings (SSSR count). The van der Waals surface area contributed by atoms with Gasteiger partial charge in [-0.3, -0.25) is 4.79 Å². The lowest BCUT2D eigenvalue weighted by Gasteiger charge is -2.14. The van der Waals surface area contributed by atoms with Gasteiger partial charge in [-0.1, -0.05) is 46.3 Å². The summed E-state index contributed by atoms with van der Waals surface area (Å²) in [6.07, 6.45) is 0.572. The van der Waals surface area contributed by atoms with Crippen LogP contribution in [-0.2, 0) is 16.0 Å². The summed E-state index contributed by atoms with van der Waals surface area (Å²) in [5.41, 5.74) is 0.888. The van der Waals surface area contributed by atoms with Gasteiger partial charge in [0.1, 0.15) is 6.04 Å². The molecule has 5 heteroatoms. The van der Waals surface area contributed by atoms with Crippen LogP contribution in [0.1, 0.15) is 12.0 Å². The third-order valence-corrected chi connectivity index (χ3v) is 2.63. The number of carbonyl (C=O) groups is 2. The van der Waals surface area contributed by atoms with E-state index in [1.807, 2.05) is 30.3 Å². The van der Waals surface area contributed by atoms with Gasteiger partial charge in [0.05, 0.1) is 0 Å². The molecule has 1 atom stereocenters. The second-order valence-electron chi connectivity index (χ2n) is 3.59. The van der Waals surface area contributed by atoms with Crippen molar-refractivity contribution in [3.05, 3.63) is 35.9 Å². The molecule has 92 valence electrons. The zero-order valence-electron chi connectivity index (χ0n) is 9.23. The average Bonchev–Trinajstić information content (AvgIpc) is 2.29. The van der Waals surface area contributed by atoms with Gasteiger partial charge in [-0.25, -0.2) is 4.79 Å². The Morgan fingerprint density at radius 1 is 1.29 bits per heavy atom. The van der Waals surface area contributed by atoms with E-state index in [9.17, 15) is 9.59 Å². The summed E-state index contributed by atoms with van der Waals surface area (Å²) < 4.78 is 0. The number of carboxylic acid groups (broad SMARTS) is 1. The van der Waals surface area contributed by atoms with Gasteiger partial charge in [-0.15, -0.1) is 0 Å². The van der Waals surface area contributed by atoms with E-state index in [1.165, 1.54) is 0 Å². The zero-order valence-corrected chi connectivity index (χ0v) is 10.8. The molecule has 4 nitrogen and oxygen atoms in total. The molecule has 0 bridgehead atoms. The standard InChI is InChI=1S/C12H14BrNO3/c13-7-6-11(15)14-10(12(16)17)8-9-4-2-1-3-5-9/h1-5,10H,6-8H2,(H,14,15)(H,16,17). The molecule has 2 N–H and O–H groups in total. The van der Waals surface area contributed by atoms with Gasteiger partial charge >= 0.3 is 5.97 Å². The fourth-order valence-corrected chi connectivity index (χ4v) is 1.76. The van der Waals surface area contributed by atoms with E-state index < -0.39 is 12.0 Å². The Kier molecular flexibility index (Phi) is 5.69. The molecule has 0 aliphatic heterocycles. The number of alkyl halides is 1. The van der Waals surface area contributed by atoms with Crippen LogP contribution >= 0.6 is 15.9 Å². The average molecular weight is 300 g/mol. The molecule has 0 aliphatic carbocycles. The lowest BCUT2D eigenvalue weighted by Crippen LogP contribution is -2.42. The highest BCUT2D eigenvalue weighted by Gasteiger charge is 2.19. The van der Waals surface area contributed by atoms with Gasteiger partial charge in [0, 0.05) is 18.2 Å². The van der Waals surface area contributed by atoms with Gasteiger partial charge in [0.25, 0.3) is 0 Å². The van der Waals surface area contributed by atoms with Gasteiger partial charge in [-0.05, 0) is 5.56 Å². The number of rotatable bonds is 6. The van der Waals surface area contributed by atoms with Crippen LogP contribution in [0.25, 0.3) is 0 Å². The largest absolute Gasteiger partial charge is 0.480 e. The summed E-state index contributed by atoms with van der Waals surface area (Å²) in [7, 11) is 0. The monoisotopic (exact) mass is 299 g/mol. The van der Waals surface area contributed by atoms with Crippen molar-refractivity contribution >= 4 is 27.8 Å². The summed E-state index contributed by atoms with van der Waals surface area (Å²) in [6, 6.07) is 8.36.